The molecule has 3 N–H and O–H groups in total. The van der Waals surface area contributed by atoms with Crippen LogP contribution in [0.1, 0.15) is 84.5 Å². The van der Waals surface area contributed by atoms with Gasteiger partial charge in [-0.3, -0.25) is 24.1 Å². The first-order chi connectivity index (χ1) is 14.4. The van der Waals surface area contributed by atoms with Gasteiger partial charge in [-0.05, 0) is 55.9 Å². The number of anilines is 1. The van der Waals surface area contributed by atoms with Crippen LogP contribution < -0.4 is 11.1 Å². The minimum Gasteiger partial charge on any atom is -0.365 e. The number of nitrogens with two attached hydrogens (primary N) is 1. The third-order valence-corrected chi connectivity index (χ3v) is 6.82. The van der Waals surface area contributed by atoms with Gasteiger partial charge < -0.3 is 11.1 Å². The van der Waals surface area contributed by atoms with Gasteiger partial charge in [-0.25, -0.2) is 0 Å². The molecular weight excluding hydrogens is 402 g/mol. The van der Waals surface area contributed by atoms with Gasteiger partial charge in [-0.1, -0.05) is 13.3 Å². The number of aryl methyl sites for hydroxylation is 1. The summed E-state index contributed by atoms with van der Waals surface area (Å²) in [6.45, 7) is 2.36. The third-order valence-electron chi connectivity index (χ3n) is 5.61. The van der Waals surface area contributed by atoms with E-state index in [9.17, 15) is 19.2 Å². The van der Waals surface area contributed by atoms with Crippen molar-refractivity contribution in [3.63, 3.8) is 0 Å². The largest absolute Gasteiger partial charge is 0.365 e. The lowest BCUT2D eigenvalue weighted by Crippen LogP contribution is -2.30. The number of thiophene rings is 1. The van der Waals surface area contributed by atoms with Crippen LogP contribution >= 0.6 is 11.3 Å². The minimum absolute atomic E-state index is 0.240. The van der Waals surface area contributed by atoms with Crippen molar-refractivity contribution in [2.75, 3.05) is 11.9 Å². The highest BCUT2D eigenvalue weighted by molar-refractivity contribution is 7.17. The Morgan fingerprint density at radius 1 is 1.13 bits per heavy atom. The van der Waals surface area contributed by atoms with Gasteiger partial charge in [-0.15, -0.1) is 11.3 Å². The zero-order valence-corrected chi connectivity index (χ0v) is 17.6. The van der Waals surface area contributed by atoms with Crippen LogP contribution in [0.4, 0.5) is 5.00 Å². The number of carbonyl (C=O) groups is 4. The number of nitrogens with one attached hydrogen (secondary N) is 1. The molecule has 2 heterocycles. The normalized spacial score (nSPS) is 15.2. The number of hydrogen-bond donors (Lipinski definition) is 2. The van der Waals surface area contributed by atoms with E-state index in [1.165, 1.54) is 34.4 Å². The second-order valence-electron chi connectivity index (χ2n) is 7.61. The van der Waals surface area contributed by atoms with Crippen molar-refractivity contribution in [1.82, 2.24) is 4.90 Å². The van der Waals surface area contributed by atoms with E-state index in [-0.39, 0.29) is 22.9 Å². The molecule has 4 amide bonds. The average molecular weight is 426 g/mol. The highest BCUT2D eigenvalue weighted by atomic mass is 32.1. The Morgan fingerprint density at radius 2 is 1.87 bits per heavy atom. The van der Waals surface area contributed by atoms with Crippen LogP contribution in [0.3, 0.4) is 0 Å². The molecule has 156 valence electrons. The lowest BCUT2D eigenvalue weighted by atomic mass is 9.95. The summed E-state index contributed by atoms with van der Waals surface area (Å²) in [4.78, 5) is 52.3. The molecule has 7 nitrogen and oxygen atoms in total. The van der Waals surface area contributed by atoms with E-state index in [0.29, 0.717) is 22.7 Å². The SMILES string of the molecule is CCCCN1C(=O)c2ccc(C(=O)Nc3sc4c(c3C(N)=O)CCCC4)cc2C1=O. The maximum absolute atomic E-state index is 12.9. The number of nitrogens with zero attached hydrogens (tertiary/aromatic N) is 1. The molecular formula is C22H23N3O4S. The molecule has 2 aliphatic rings. The molecule has 0 fully saturated rings. The number of amides is 4. The Bertz CT molecular complexity index is 1070. The summed E-state index contributed by atoms with van der Waals surface area (Å²) in [7, 11) is 0. The van der Waals surface area contributed by atoms with Crippen LogP contribution in [0.2, 0.25) is 0 Å². The van der Waals surface area contributed by atoms with Gasteiger partial charge in [-0.2, -0.15) is 0 Å². The molecule has 1 aliphatic carbocycles. The lowest BCUT2D eigenvalue weighted by molar-refractivity contribution is 0.0651. The van der Waals surface area contributed by atoms with Gasteiger partial charge in [0.1, 0.15) is 5.00 Å². The highest BCUT2D eigenvalue weighted by Crippen LogP contribution is 2.38. The second kappa shape index (κ2) is 8.02. The van der Waals surface area contributed by atoms with Crippen molar-refractivity contribution < 1.29 is 19.2 Å². The van der Waals surface area contributed by atoms with Crippen LogP contribution in [0.25, 0.3) is 0 Å². The first kappa shape index (κ1) is 20.3. The molecule has 1 aromatic heterocycles. The molecule has 0 saturated heterocycles. The van der Waals surface area contributed by atoms with E-state index in [2.05, 4.69) is 5.32 Å². The van der Waals surface area contributed by atoms with E-state index < -0.39 is 11.8 Å². The predicted molar refractivity (Wildman–Crippen MR) is 114 cm³/mol. The number of benzene rings is 1. The van der Waals surface area contributed by atoms with Gasteiger partial charge in [0.05, 0.1) is 16.7 Å². The number of hydrogen-bond acceptors (Lipinski definition) is 5. The van der Waals surface area contributed by atoms with Crippen molar-refractivity contribution in [2.45, 2.75) is 45.4 Å². The molecule has 0 bridgehead atoms. The van der Waals surface area contributed by atoms with E-state index in [0.717, 1.165) is 49.0 Å². The number of unbranched alkanes of at least 4 members (excludes halogenated alkanes) is 1. The third kappa shape index (κ3) is 3.41. The van der Waals surface area contributed by atoms with Crippen molar-refractivity contribution in [3.8, 4) is 0 Å². The summed E-state index contributed by atoms with van der Waals surface area (Å²) in [6.07, 6.45) is 5.30. The summed E-state index contributed by atoms with van der Waals surface area (Å²) in [6, 6.07) is 4.50. The maximum atomic E-state index is 12.9. The maximum Gasteiger partial charge on any atom is 0.261 e. The van der Waals surface area contributed by atoms with Gasteiger partial charge in [0.25, 0.3) is 23.6 Å². The summed E-state index contributed by atoms with van der Waals surface area (Å²) in [5.74, 6) is -1.68. The van der Waals surface area contributed by atoms with Crippen LogP contribution in [-0.4, -0.2) is 35.1 Å². The fourth-order valence-corrected chi connectivity index (χ4v) is 5.33. The fourth-order valence-electron chi connectivity index (χ4n) is 4.04. The van der Waals surface area contributed by atoms with Crippen molar-refractivity contribution in [2.24, 2.45) is 5.73 Å². The van der Waals surface area contributed by atoms with Crippen molar-refractivity contribution in [1.29, 1.82) is 0 Å². The molecule has 4 rings (SSSR count). The predicted octanol–water partition coefficient (Wildman–Crippen LogP) is 3.37. The molecule has 1 aromatic carbocycles. The Balaban J connectivity index is 1.60. The van der Waals surface area contributed by atoms with E-state index in [1.807, 2.05) is 6.92 Å². The molecule has 2 aromatic rings. The first-order valence-corrected chi connectivity index (χ1v) is 11.0. The molecule has 1 aliphatic heterocycles. The van der Waals surface area contributed by atoms with Crippen molar-refractivity contribution in [3.05, 3.63) is 50.9 Å². The number of primary amides is 1. The Morgan fingerprint density at radius 3 is 2.60 bits per heavy atom. The molecule has 0 atom stereocenters. The summed E-state index contributed by atoms with van der Waals surface area (Å²) in [5, 5.41) is 3.25. The summed E-state index contributed by atoms with van der Waals surface area (Å²) >= 11 is 1.39. The lowest BCUT2D eigenvalue weighted by Gasteiger charge is -2.12. The van der Waals surface area contributed by atoms with Gasteiger partial charge in [0.2, 0.25) is 0 Å². The first-order valence-electron chi connectivity index (χ1n) is 10.2. The molecule has 0 saturated carbocycles. The highest BCUT2D eigenvalue weighted by Gasteiger charge is 2.35. The minimum atomic E-state index is -0.550. The zero-order valence-electron chi connectivity index (χ0n) is 16.7. The monoisotopic (exact) mass is 425 g/mol. The average Bonchev–Trinajstić information content (AvgIpc) is 3.21. The van der Waals surface area contributed by atoms with E-state index >= 15 is 0 Å². The standard InChI is InChI=1S/C22H23N3O4S/c1-2-3-10-25-21(28)13-9-8-12(11-15(13)22(25)29)19(27)24-20-17(18(23)26)14-6-4-5-7-16(14)30-20/h8-9,11H,2-7,10H2,1H3,(H2,23,26)(H,24,27). The fraction of sp³-hybridized carbons (Fsp3) is 0.364. The van der Waals surface area contributed by atoms with Crippen LogP contribution in [-0.2, 0) is 12.8 Å². The van der Waals surface area contributed by atoms with Gasteiger partial charge in [0, 0.05) is 17.0 Å². The van der Waals surface area contributed by atoms with E-state index in [1.54, 1.807) is 0 Å². The van der Waals surface area contributed by atoms with E-state index in [4.69, 9.17) is 5.73 Å². The quantitative estimate of drug-likeness (QED) is 0.692. The van der Waals surface area contributed by atoms with Crippen LogP contribution in [0.5, 0.6) is 0 Å². The topological polar surface area (TPSA) is 110 Å². The summed E-state index contributed by atoms with van der Waals surface area (Å²) in [5.41, 5.74) is 7.73. The zero-order chi connectivity index (χ0) is 21.4. The molecule has 8 heteroatoms. The molecule has 0 unspecified atom stereocenters. The van der Waals surface area contributed by atoms with Crippen LogP contribution in [0, 0.1) is 0 Å². The van der Waals surface area contributed by atoms with Crippen LogP contribution in [0.15, 0.2) is 18.2 Å². The number of carbonyl (C=O) groups excluding carboxylic acids is 4. The second-order valence-corrected chi connectivity index (χ2v) is 8.71. The number of fused-ring (bicyclic) bond motifs is 2. The number of rotatable bonds is 6. The smallest absolute Gasteiger partial charge is 0.261 e. The van der Waals surface area contributed by atoms with Gasteiger partial charge >= 0.3 is 0 Å². The van der Waals surface area contributed by atoms with Crippen molar-refractivity contribution >= 4 is 40.0 Å². The Labute approximate surface area is 178 Å². The summed E-state index contributed by atoms with van der Waals surface area (Å²) < 4.78 is 0. The molecule has 30 heavy (non-hydrogen) atoms. The Kier molecular flexibility index (Phi) is 5.42. The molecule has 0 radical (unpaired) electrons. The van der Waals surface area contributed by atoms with Gasteiger partial charge in [0.15, 0.2) is 0 Å². The Hall–Kier alpha value is -3.00. The molecule has 0 spiro atoms. The number of imide groups is 1.